The molecule has 0 radical (unpaired) electrons. The minimum absolute atomic E-state index is 0.132. The number of carboxylic acid groups (broad SMARTS) is 1. The molecule has 0 saturated carbocycles. The van der Waals surface area contributed by atoms with Crippen LogP contribution in [0.1, 0.15) is 36.0 Å². The molecule has 0 unspecified atom stereocenters. The summed E-state index contributed by atoms with van der Waals surface area (Å²) in [7, 11) is 0. The lowest BCUT2D eigenvalue weighted by atomic mass is 10.2. The second kappa shape index (κ2) is 9.50. The highest BCUT2D eigenvalue weighted by molar-refractivity contribution is 5.94. The number of carbonyl (C=O) groups is 2. The van der Waals surface area contributed by atoms with Crippen LogP contribution in [0, 0.1) is 11.6 Å². The van der Waals surface area contributed by atoms with Gasteiger partial charge in [-0.15, -0.1) is 0 Å². The van der Waals surface area contributed by atoms with Crippen LogP contribution in [0.3, 0.4) is 0 Å². The van der Waals surface area contributed by atoms with Gasteiger partial charge in [0.15, 0.2) is 11.6 Å². The number of benzene rings is 2. The quantitative estimate of drug-likeness (QED) is 0.657. The third kappa shape index (κ3) is 6.16. The lowest BCUT2D eigenvalue weighted by molar-refractivity contribution is -0.137. The van der Waals surface area contributed by atoms with E-state index in [4.69, 9.17) is 9.84 Å². The zero-order chi connectivity index (χ0) is 18.9. The van der Waals surface area contributed by atoms with Crippen molar-refractivity contribution in [3.63, 3.8) is 0 Å². The number of ether oxygens (including phenoxy) is 1. The summed E-state index contributed by atoms with van der Waals surface area (Å²) in [5.41, 5.74) is 0.438. The monoisotopic (exact) mass is 363 g/mol. The summed E-state index contributed by atoms with van der Waals surface area (Å²) in [6.45, 7) is 0.464. The van der Waals surface area contributed by atoms with Crippen molar-refractivity contribution in [2.45, 2.75) is 25.7 Å². The van der Waals surface area contributed by atoms with Gasteiger partial charge >= 0.3 is 5.97 Å². The van der Waals surface area contributed by atoms with Gasteiger partial charge in [0.1, 0.15) is 11.5 Å². The second-order valence-corrected chi connectivity index (χ2v) is 5.66. The number of aliphatic carboxylic acids is 1. The van der Waals surface area contributed by atoms with E-state index in [0.717, 1.165) is 18.6 Å². The van der Waals surface area contributed by atoms with Crippen molar-refractivity contribution in [1.29, 1.82) is 0 Å². The molecule has 0 bridgehead atoms. The van der Waals surface area contributed by atoms with Gasteiger partial charge in [0.05, 0.1) is 0 Å². The number of nitrogens with one attached hydrogen (secondary N) is 1. The molecular weight excluding hydrogens is 344 g/mol. The van der Waals surface area contributed by atoms with Crippen molar-refractivity contribution < 1.29 is 28.2 Å². The Kier molecular flexibility index (Phi) is 7.08. The van der Waals surface area contributed by atoms with Gasteiger partial charge in [-0.25, -0.2) is 8.78 Å². The van der Waals surface area contributed by atoms with Crippen LogP contribution in [-0.2, 0) is 4.79 Å². The fourth-order valence-electron chi connectivity index (χ4n) is 2.23. The van der Waals surface area contributed by atoms with E-state index in [1.54, 1.807) is 24.3 Å². The molecule has 2 N–H and O–H groups in total. The first kappa shape index (κ1) is 19.4. The average molecular weight is 363 g/mol. The van der Waals surface area contributed by atoms with Crippen LogP contribution in [-0.4, -0.2) is 23.5 Å². The molecule has 0 spiro atoms. The van der Waals surface area contributed by atoms with Gasteiger partial charge in [0, 0.05) is 24.6 Å². The molecule has 1 amide bonds. The molecular formula is C19H19F2NO4. The minimum atomic E-state index is -0.998. The smallest absolute Gasteiger partial charge is 0.303 e. The van der Waals surface area contributed by atoms with Gasteiger partial charge in [0.2, 0.25) is 0 Å². The Morgan fingerprint density at radius 2 is 1.62 bits per heavy atom. The molecule has 2 rings (SSSR count). The molecule has 0 saturated heterocycles. The Morgan fingerprint density at radius 3 is 2.27 bits per heavy atom. The topological polar surface area (TPSA) is 75.6 Å². The molecule has 26 heavy (non-hydrogen) atoms. The zero-order valence-electron chi connectivity index (χ0n) is 14.0. The first-order valence-electron chi connectivity index (χ1n) is 8.18. The Balaban J connectivity index is 1.79. The normalized spacial score (nSPS) is 10.4. The standard InChI is InChI=1S/C19H19F2NO4/c20-16-10-9-15(12-17(16)21)26-14-7-5-13(6-8-14)19(25)22-11-3-1-2-4-18(23)24/h5-10,12H,1-4,11H2,(H,22,25)(H,23,24). The molecule has 138 valence electrons. The maximum absolute atomic E-state index is 13.2. The van der Waals surface area contributed by atoms with Gasteiger partial charge in [0.25, 0.3) is 5.91 Å². The van der Waals surface area contributed by atoms with E-state index in [-0.39, 0.29) is 18.1 Å². The summed E-state index contributed by atoms with van der Waals surface area (Å²) in [5, 5.41) is 11.3. The fraction of sp³-hybridized carbons (Fsp3) is 0.263. The van der Waals surface area contributed by atoms with Crippen molar-refractivity contribution in [2.75, 3.05) is 6.54 Å². The summed E-state index contributed by atoms with van der Waals surface area (Å²) >= 11 is 0. The molecule has 0 aliphatic heterocycles. The molecule has 0 aliphatic carbocycles. The van der Waals surface area contributed by atoms with E-state index >= 15 is 0 Å². The summed E-state index contributed by atoms with van der Waals surface area (Å²) in [5.74, 6) is -2.47. The molecule has 2 aromatic rings. The van der Waals surface area contributed by atoms with Gasteiger partial charge in [-0.3, -0.25) is 9.59 Å². The predicted octanol–water partition coefficient (Wildman–Crippen LogP) is 4.13. The van der Waals surface area contributed by atoms with Gasteiger partial charge in [-0.2, -0.15) is 0 Å². The summed E-state index contributed by atoms with van der Waals surface area (Å²) in [6.07, 6.45) is 2.15. The van der Waals surface area contributed by atoms with Crippen LogP contribution in [0.2, 0.25) is 0 Å². The van der Waals surface area contributed by atoms with Crippen LogP contribution in [0.4, 0.5) is 8.78 Å². The molecule has 0 aliphatic rings. The Morgan fingerprint density at radius 1 is 0.923 bits per heavy atom. The number of carboxylic acids is 1. The van der Waals surface area contributed by atoms with E-state index < -0.39 is 17.6 Å². The molecule has 2 aromatic carbocycles. The van der Waals surface area contributed by atoms with Crippen LogP contribution in [0.15, 0.2) is 42.5 Å². The highest BCUT2D eigenvalue weighted by Crippen LogP contribution is 2.23. The van der Waals surface area contributed by atoms with Crippen molar-refractivity contribution in [3.05, 3.63) is 59.7 Å². The van der Waals surface area contributed by atoms with E-state index in [9.17, 15) is 18.4 Å². The second-order valence-electron chi connectivity index (χ2n) is 5.66. The maximum Gasteiger partial charge on any atom is 0.303 e. The predicted molar refractivity (Wildman–Crippen MR) is 91.3 cm³/mol. The zero-order valence-corrected chi connectivity index (χ0v) is 14.0. The fourth-order valence-corrected chi connectivity index (χ4v) is 2.23. The molecule has 7 heteroatoms. The SMILES string of the molecule is O=C(O)CCCCCNC(=O)c1ccc(Oc2ccc(F)c(F)c2)cc1. The Hall–Kier alpha value is -2.96. The van der Waals surface area contributed by atoms with Crippen LogP contribution < -0.4 is 10.1 Å². The molecule has 5 nitrogen and oxygen atoms in total. The molecule has 0 heterocycles. The van der Waals surface area contributed by atoms with E-state index in [2.05, 4.69) is 5.32 Å². The largest absolute Gasteiger partial charge is 0.481 e. The van der Waals surface area contributed by atoms with Crippen LogP contribution >= 0.6 is 0 Å². The number of hydrogen-bond acceptors (Lipinski definition) is 3. The minimum Gasteiger partial charge on any atom is -0.481 e. The molecule has 0 fully saturated rings. The lowest BCUT2D eigenvalue weighted by Gasteiger charge is -2.08. The van der Waals surface area contributed by atoms with Crippen molar-refractivity contribution in [1.82, 2.24) is 5.32 Å². The first-order valence-corrected chi connectivity index (χ1v) is 8.18. The Bertz CT molecular complexity index is 763. The highest BCUT2D eigenvalue weighted by Gasteiger charge is 2.07. The molecule has 0 aromatic heterocycles. The van der Waals surface area contributed by atoms with Crippen molar-refractivity contribution in [2.24, 2.45) is 0 Å². The molecule has 0 atom stereocenters. The number of amides is 1. The van der Waals surface area contributed by atoms with Crippen molar-refractivity contribution in [3.8, 4) is 11.5 Å². The van der Waals surface area contributed by atoms with Gasteiger partial charge in [-0.05, 0) is 49.2 Å². The average Bonchev–Trinajstić information content (AvgIpc) is 2.61. The third-order valence-corrected chi connectivity index (χ3v) is 3.60. The third-order valence-electron chi connectivity index (χ3n) is 3.60. The maximum atomic E-state index is 13.2. The van der Waals surface area contributed by atoms with E-state index in [0.29, 0.717) is 30.7 Å². The first-order chi connectivity index (χ1) is 12.5. The number of carbonyl (C=O) groups excluding carboxylic acids is 1. The number of rotatable bonds is 9. The van der Waals surface area contributed by atoms with Gasteiger partial charge in [-0.1, -0.05) is 6.42 Å². The van der Waals surface area contributed by atoms with Crippen LogP contribution in [0.25, 0.3) is 0 Å². The summed E-state index contributed by atoms with van der Waals surface area (Å²) < 4.78 is 31.4. The number of unbranched alkanes of at least 4 members (excludes halogenated alkanes) is 2. The summed E-state index contributed by atoms with van der Waals surface area (Å²) in [6, 6.07) is 9.47. The van der Waals surface area contributed by atoms with Crippen LogP contribution in [0.5, 0.6) is 11.5 Å². The van der Waals surface area contributed by atoms with Crippen molar-refractivity contribution >= 4 is 11.9 Å². The van der Waals surface area contributed by atoms with E-state index in [1.165, 1.54) is 6.07 Å². The number of hydrogen-bond donors (Lipinski definition) is 2. The number of halogens is 2. The summed E-state index contributed by atoms with van der Waals surface area (Å²) in [4.78, 5) is 22.4. The van der Waals surface area contributed by atoms with Gasteiger partial charge < -0.3 is 15.2 Å². The Labute approximate surface area is 149 Å². The highest BCUT2D eigenvalue weighted by atomic mass is 19.2. The lowest BCUT2D eigenvalue weighted by Crippen LogP contribution is -2.24. The van der Waals surface area contributed by atoms with E-state index in [1.807, 2.05) is 0 Å².